The number of furan rings is 1. The molecule has 1 heterocycles. The lowest BCUT2D eigenvalue weighted by Gasteiger charge is -2.09. The minimum Gasteiger partial charge on any atom is -0.455 e. The van der Waals surface area contributed by atoms with Gasteiger partial charge in [0.1, 0.15) is 11.5 Å². The van der Waals surface area contributed by atoms with Crippen LogP contribution in [0.3, 0.4) is 0 Å². The average molecular weight is 469 g/mol. The molecule has 0 saturated heterocycles. The van der Waals surface area contributed by atoms with Gasteiger partial charge in [-0.15, -0.1) is 0 Å². The molecule has 0 unspecified atom stereocenters. The standard InChI is InChI=1S/C29H18Cl2O2/c30-22-17-15-21(16-18-22)28-25(23-13-7-8-14-24(23)31)26(27(32)19-9-3-1-4-10-19)29(33-28)20-11-5-2-6-12-20/h1-18H. The molecule has 0 fully saturated rings. The van der Waals surface area contributed by atoms with E-state index in [1.54, 1.807) is 12.1 Å². The molecule has 33 heavy (non-hydrogen) atoms. The summed E-state index contributed by atoms with van der Waals surface area (Å²) >= 11 is 12.8. The van der Waals surface area contributed by atoms with Gasteiger partial charge in [-0.1, -0.05) is 102 Å². The van der Waals surface area contributed by atoms with Crippen LogP contribution in [0.4, 0.5) is 0 Å². The average Bonchev–Trinajstić information content (AvgIpc) is 3.26. The van der Waals surface area contributed by atoms with E-state index >= 15 is 0 Å². The maximum absolute atomic E-state index is 13.9. The predicted molar refractivity (Wildman–Crippen MR) is 135 cm³/mol. The van der Waals surface area contributed by atoms with Crippen LogP contribution in [0, 0.1) is 0 Å². The van der Waals surface area contributed by atoms with Gasteiger partial charge >= 0.3 is 0 Å². The van der Waals surface area contributed by atoms with E-state index in [9.17, 15) is 4.79 Å². The van der Waals surface area contributed by atoms with Crippen molar-refractivity contribution in [2.24, 2.45) is 0 Å². The highest BCUT2D eigenvalue weighted by Crippen LogP contribution is 2.46. The number of halogens is 2. The normalized spacial score (nSPS) is 10.8. The van der Waals surface area contributed by atoms with E-state index in [2.05, 4.69) is 0 Å². The molecule has 0 atom stereocenters. The van der Waals surface area contributed by atoms with Crippen LogP contribution in [-0.4, -0.2) is 5.78 Å². The van der Waals surface area contributed by atoms with E-state index in [0.29, 0.717) is 38.3 Å². The second-order valence-electron chi connectivity index (χ2n) is 7.56. The summed E-state index contributed by atoms with van der Waals surface area (Å²) < 4.78 is 6.49. The van der Waals surface area contributed by atoms with Crippen LogP contribution in [0.5, 0.6) is 0 Å². The van der Waals surface area contributed by atoms with Crippen LogP contribution < -0.4 is 0 Å². The maximum atomic E-state index is 13.9. The molecule has 0 bridgehead atoms. The van der Waals surface area contributed by atoms with Crippen molar-refractivity contribution in [3.8, 4) is 33.8 Å². The van der Waals surface area contributed by atoms with Gasteiger partial charge in [0.15, 0.2) is 5.78 Å². The molecule has 5 aromatic rings. The van der Waals surface area contributed by atoms with Crippen molar-refractivity contribution in [3.05, 3.63) is 130 Å². The van der Waals surface area contributed by atoms with Crippen molar-refractivity contribution in [3.63, 3.8) is 0 Å². The lowest BCUT2D eigenvalue weighted by atomic mass is 9.91. The Balaban J connectivity index is 1.88. The van der Waals surface area contributed by atoms with Gasteiger partial charge in [-0.05, 0) is 30.3 Å². The summed E-state index contributed by atoms with van der Waals surface area (Å²) in [6.07, 6.45) is 0. The Morgan fingerprint density at radius 3 is 1.85 bits per heavy atom. The number of rotatable bonds is 5. The molecule has 0 aliphatic rings. The van der Waals surface area contributed by atoms with Crippen LogP contribution in [-0.2, 0) is 0 Å². The van der Waals surface area contributed by atoms with Crippen LogP contribution in [0.2, 0.25) is 10.0 Å². The summed E-state index contributed by atoms with van der Waals surface area (Å²) in [6, 6.07) is 33.7. The highest BCUT2D eigenvalue weighted by molar-refractivity contribution is 6.34. The van der Waals surface area contributed by atoms with Crippen molar-refractivity contribution in [1.29, 1.82) is 0 Å². The summed E-state index contributed by atoms with van der Waals surface area (Å²) in [5, 5.41) is 1.16. The molecule has 0 saturated carbocycles. The van der Waals surface area contributed by atoms with Gasteiger partial charge in [-0.2, -0.15) is 0 Å². The summed E-state index contributed by atoms with van der Waals surface area (Å²) in [7, 11) is 0. The third-order valence-electron chi connectivity index (χ3n) is 5.46. The van der Waals surface area contributed by atoms with Crippen molar-refractivity contribution < 1.29 is 9.21 Å². The minimum absolute atomic E-state index is 0.131. The molecule has 0 aliphatic heterocycles. The Morgan fingerprint density at radius 1 is 0.606 bits per heavy atom. The lowest BCUT2D eigenvalue weighted by Crippen LogP contribution is -2.04. The Hall–Kier alpha value is -3.59. The fraction of sp³-hybridized carbons (Fsp3) is 0. The molecule has 0 radical (unpaired) electrons. The molecular weight excluding hydrogens is 451 g/mol. The molecule has 1 aromatic heterocycles. The van der Waals surface area contributed by atoms with E-state index in [0.717, 1.165) is 16.7 Å². The number of hydrogen-bond donors (Lipinski definition) is 0. The van der Waals surface area contributed by atoms with Crippen LogP contribution in [0.25, 0.3) is 33.8 Å². The van der Waals surface area contributed by atoms with Gasteiger partial charge in [-0.25, -0.2) is 0 Å². The second-order valence-corrected chi connectivity index (χ2v) is 8.40. The first-order chi connectivity index (χ1) is 16.1. The predicted octanol–water partition coefficient (Wildman–Crippen LogP) is 8.82. The largest absolute Gasteiger partial charge is 0.455 e. The first kappa shape index (κ1) is 21.3. The van der Waals surface area contributed by atoms with E-state index in [1.807, 2.05) is 97.1 Å². The van der Waals surface area contributed by atoms with E-state index in [1.165, 1.54) is 0 Å². The SMILES string of the molecule is O=C(c1ccccc1)c1c(-c2ccccc2)oc(-c2ccc(Cl)cc2)c1-c1ccccc1Cl. The van der Waals surface area contributed by atoms with Gasteiger partial charge in [0, 0.05) is 37.9 Å². The first-order valence-electron chi connectivity index (χ1n) is 10.5. The highest BCUT2D eigenvalue weighted by Gasteiger charge is 2.29. The number of benzene rings is 4. The van der Waals surface area contributed by atoms with E-state index < -0.39 is 0 Å². The Labute approximate surface area is 202 Å². The molecule has 0 aliphatic carbocycles. The Kier molecular flexibility index (Phi) is 5.87. The number of carbonyl (C=O) groups excluding carboxylic acids is 1. The minimum atomic E-state index is -0.131. The summed E-state index contributed by atoms with van der Waals surface area (Å²) in [6.45, 7) is 0. The second kappa shape index (κ2) is 9.11. The summed E-state index contributed by atoms with van der Waals surface area (Å²) in [5.41, 5.74) is 4.06. The van der Waals surface area contributed by atoms with Gasteiger partial charge in [0.05, 0.1) is 5.56 Å². The van der Waals surface area contributed by atoms with Gasteiger partial charge in [0.25, 0.3) is 0 Å². The van der Waals surface area contributed by atoms with Crippen molar-refractivity contribution >= 4 is 29.0 Å². The molecule has 2 nitrogen and oxygen atoms in total. The maximum Gasteiger partial charge on any atom is 0.197 e. The monoisotopic (exact) mass is 468 g/mol. The van der Waals surface area contributed by atoms with Crippen LogP contribution >= 0.6 is 23.2 Å². The Morgan fingerprint density at radius 2 is 1.18 bits per heavy atom. The summed E-state index contributed by atoms with van der Waals surface area (Å²) in [4.78, 5) is 13.9. The summed E-state index contributed by atoms with van der Waals surface area (Å²) in [5.74, 6) is 0.940. The van der Waals surface area contributed by atoms with Crippen LogP contribution in [0.1, 0.15) is 15.9 Å². The fourth-order valence-corrected chi connectivity index (χ4v) is 4.26. The quantitative estimate of drug-likeness (QED) is 0.241. The van der Waals surface area contributed by atoms with Crippen molar-refractivity contribution in [1.82, 2.24) is 0 Å². The number of carbonyl (C=O) groups is 1. The zero-order valence-electron chi connectivity index (χ0n) is 17.5. The molecule has 160 valence electrons. The lowest BCUT2D eigenvalue weighted by molar-refractivity contribution is 0.103. The molecule has 4 heteroatoms. The molecule has 0 amide bonds. The highest BCUT2D eigenvalue weighted by atomic mass is 35.5. The van der Waals surface area contributed by atoms with Gasteiger partial charge in [-0.3, -0.25) is 4.79 Å². The van der Waals surface area contributed by atoms with E-state index in [-0.39, 0.29) is 5.78 Å². The van der Waals surface area contributed by atoms with Gasteiger partial charge in [0.2, 0.25) is 0 Å². The molecule has 5 rings (SSSR count). The van der Waals surface area contributed by atoms with Gasteiger partial charge < -0.3 is 4.42 Å². The Bertz CT molecular complexity index is 1420. The van der Waals surface area contributed by atoms with Crippen molar-refractivity contribution in [2.75, 3.05) is 0 Å². The zero-order chi connectivity index (χ0) is 22.8. The smallest absolute Gasteiger partial charge is 0.197 e. The topological polar surface area (TPSA) is 30.2 Å². The molecule has 0 spiro atoms. The molecule has 0 N–H and O–H groups in total. The third-order valence-corrected chi connectivity index (χ3v) is 6.04. The van der Waals surface area contributed by atoms with Crippen LogP contribution in [0.15, 0.2) is 114 Å². The van der Waals surface area contributed by atoms with E-state index in [4.69, 9.17) is 27.6 Å². The zero-order valence-corrected chi connectivity index (χ0v) is 19.0. The number of ketones is 1. The third kappa shape index (κ3) is 4.11. The first-order valence-corrected chi connectivity index (χ1v) is 11.2. The van der Waals surface area contributed by atoms with Crippen molar-refractivity contribution in [2.45, 2.75) is 0 Å². The fourth-order valence-electron chi connectivity index (χ4n) is 3.90. The molecule has 4 aromatic carbocycles. The number of hydrogen-bond acceptors (Lipinski definition) is 2. The molecular formula is C29H18Cl2O2.